The number of aryl methyl sites for hydroxylation is 1. The molecule has 31 heavy (non-hydrogen) atoms. The first kappa shape index (κ1) is 21.8. The van der Waals surface area contributed by atoms with Crippen molar-refractivity contribution in [3.8, 4) is 11.1 Å². The molecule has 0 spiro atoms. The summed E-state index contributed by atoms with van der Waals surface area (Å²) >= 11 is 0. The fraction of sp³-hybridized carbons (Fsp3) is 0.464. The summed E-state index contributed by atoms with van der Waals surface area (Å²) in [5.41, 5.74) is 8.36. The molecule has 2 heterocycles. The molecule has 0 N–H and O–H groups in total. The lowest BCUT2D eigenvalue weighted by molar-refractivity contribution is 0.104. The second kappa shape index (κ2) is 9.40. The third-order valence-electron chi connectivity index (χ3n) is 7.01. The molecule has 0 radical (unpaired) electrons. The van der Waals surface area contributed by atoms with Gasteiger partial charge in [-0.3, -0.25) is 4.98 Å². The predicted molar refractivity (Wildman–Crippen MR) is 131 cm³/mol. The Kier molecular flexibility index (Phi) is 6.62. The van der Waals surface area contributed by atoms with E-state index < -0.39 is 0 Å². The van der Waals surface area contributed by atoms with Crippen molar-refractivity contribution in [1.29, 1.82) is 0 Å². The topological polar surface area (TPSA) is 27.1 Å². The van der Waals surface area contributed by atoms with Crippen LogP contribution in [0.5, 0.6) is 0 Å². The third-order valence-corrected chi connectivity index (χ3v) is 7.01. The molecule has 0 saturated heterocycles. The molecule has 3 nitrogen and oxygen atoms in total. The molecule has 164 valence electrons. The van der Waals surface area contributed by atoms with Gasteiger partial charge in [-0.1, -0.05) is 61.2 Å². The van der Waals surface area contributed by atoms with Crippen molar-refractivity contribution in [2.45, 2.75) is 71.4 Å². The van der Waals surface area contributed by atoms with Crippen molar-refractivity contribution >= 4 is 11.0 Å². The maximum atomic E-state index is 5.68. The second-order valence-corrected chi connectivity index (χ2v) is 9.47. The van der Waals surface area contributed by atoms with Crippen molar-refractivity contribution < 1.29 is 4.74 Å². The first-order valence-corrected chi connectivity index (χ1v) is 11.7. The fourth-order valence-corrected chi connectivity index (χ4v) is 5.19. The monoisotopic (exact) mass is 416 g/mol. The Morgan fingerprint density at radius 1 is 1.19 bits per heavy atom. The van der Waals surface area contributed by atoms with Gasteiger partial charge in [-0.25, -0.2) is 0 Å². The standard InChI is InChI=1S/C28H36N2O/c1-19(2)27(21(4)31-5)24-15-26-28(29-16-24)25(23-13-11-20(3)12-14-23)18-30(26)17-22-9-7-6-8-10-22/h11-16,18,21-22,27H,1,6-10,17H2,2-5H3. The van der Waals surface area contributed by atoms with Crippen molar-refractivity contribution in [1.82, 2.24) is 9.55 Å². The number of hydrogen-bond donors (Lipinski definition) is 0. The molecule has 1 saturated carbocycles. The molecule has 3 aromatic rings. The minimum absolute atomic E-state index is 0.0649. The number of nitrogens with zero attached hydrogens (tertiary/aromatic N) is 2. The molecular formula is C28H36N2O. The van der Waals surface area contributed by atoms with Crippen LogP contribution in [-0.4, -0.2) is 22.8 Å². The van der Waals surface area contributed by atoms with Gasteiger partial charge in [0.1, 0.15) is 0 Å². The van der Waals surface area contributed by atoms with E-state index in [1.54, 1.807) is 7.11 Å². The summed E-state index contributed by atoms with van der Waals surface area (Å²) in [4.78, 5) is 5.00. The summed E-state index contributed by atoms with van der Waals surface area (Å²) in [6.45, 7) is 11.7. The van der Waals surface area contributed by atoms with E-state index in [2.05, 4.69) is 68.4 Å². The zero-order valence-corrected chi connectivity index (χ0v) is 19.5. The zero-order chi connectivity index (χ0) is 22.0. The van der Waals surface area contributed by atoms with Crippen molar-refractivity contribution in [2.24, 2.45) is 5.92 Å². The van der Waals surface area contributed by atoms with Crippen LogP contribution < -0.4 is 0 Å². The molecule has 3 heteroatoms. The molecule has 1 aliphatic carbocycles. The Morgan fingerprint density at radius 3 is 2.55 bits per heavy atom. The summed E-state index contributed by atoms with van der Waals surface area (Å²) in [6, 6.07) is 11.1. The van der Waals surface area contributed by atoms with Crippen LogP contribution in [0.4, 0.5) is 0 Å². The highest BCUT2D eigenvalue weighted by atomic mass is 16.5. The molecule has 2 aromatic heterocycles. The quantitative estimate of drug-likeness (QED) is 0.378. The largest absolute Gasteiger partial charge is 0.381 e. The van der Waals surface area contributed by atoms with Gasteiger partial charge in [-0.15, -0.1) is 0 Å². The number of aromatic nitrogens is 2. The number of hydrogen-bond acceptors (Lipinski definition) is 2. The molecule has 2 unspecified atom stereocenters. The normalized spacial score (nSPS) is 17.0. The number of rotatable bonds is 7. The lowest BCUT2D eigenvalue weighted by Crippen LogP contribution is -2.18. The Balaban J connectivity index is 1.82. The van der Waals surface area contributed by atoms with Crippen LogP contribution in [0.3, 0.4) is 0 Å². The molecule has 0 amide bonds. The predicted octanol–water partition coefficient (Wildman–Crippen LogP) is 7.29. The summed E-state index contributed by atoms with van der Waals surface area (Å²) in [5.74, 6) is 0.900. The van der Waals surface area contributed by atoms with Crippen molar-refractivity contribution in [3.05, 3.63) is 66.0 Å². The van der Waals surface area contributed by atoms with Gasteiger partial charge >= 0.3 is 0 Å². The maximum Gasteiger partial charge on any atom is 0.0959 e. The van der Waals surface area contributed by atoms with Crippen molar-refractivity contribution in [2.75, 3.05) is 7.11 Å². The molecule has 0 aliphatic heterocycles. The number of benzene rings is 1. The van der Waals surface area contributed by atoms with E-state index in [0.29, 0.717) is 0 Å². The van der Waals surface area contributed by atoms with Crippen LogP contribution in [0.1, 0.15) is 63.0 Å². The van der Waals surface area contributed by atoms with Crippen LogP contribution in [-0.2, 0) is 11.3 Å². The first-order valence-electron chi connectivity index (χ1n) is 11.7. The third kappa shape index (κ3) is 4.62. The number of pyridine rings is 1. The summed E-state index contributed by atoms with van der Waals surface area (Å²) in [5, 5.41) is 0. The van der Waals surface area contributed by atoms with Gasteiger partial charge in [-0.05, 0) is 56.7 Å². The Labute approximate surface area is 187 Å². The van der Waals surface area contributed by atoms with E-state index in [-0.39, 0.29) is 12.0 Å². The van der Waals surface area contributed by atoms with Gasteiger partial charge in [0, 0.05) is 37.5 Å². The van der Waals surface area contributed by atoms with Gasteiger partial charge in [0.15, 0.2) is 0 Å². The van der Waals surface area contributed by atoms with Crippen LogP contribution in [0.2, 0.25) is 0 Å². The number of methoxy groups -OCH3 is 1. The van der Waals surface area contributed by atoms with Crippen LogP contribution >= 0.6 is 0 Å². The van der Waals surface area contributed by atoms with E-state index in [0.717, 1.165) is 23.6 Å². The highest BCUT2D eigenvalue weighted by Gasteiger charge is 2.23. The number of fused-ring (bicyclic) bond motifs is 1. The fourth-order valence-electron chi connectivity index (χ4n) is 5.19. The number of ether oxygens (including phenoxy) is 1. The van der Waals surface area contributed by atoms with Crippen molar-refractivity contribution in [3.63, 3.8) is 0 Å². The average molecular weight is 417 g/mol. The average Bonchev–Trinajstić information content (AvgIpc) is 3.12. The second-order valence-electron chi connectivity index (χ2n) is 9.47. The molecule has 0 bridgehead atoms. The van der Waals surface area contributed by atoms with Gasteiger partial charge in [0.05, 0.1) is 17.1 Å². The Morgan fingerprint density at radius 2 is 1.90 bits per heavy atom. The zero-order valence-electron chi connectivity index (χ0n) is 19.5. The Hall–Kier alpha value is -2.39. The molecule has 1 fully saturated rings. The van der Waals surface area contributed by atoms with Gasteiger partial charge in [0.2, 0.25) is 0 Å². The molecular weight excluding hydrogens is 380 g/mol. The van der Waals surface area contributed by atoms with Gasteiger partial charge < -0.3 is 9.30 Å². The summed E-state index contributed by atoms with van der Waals surface area (Å²) in [7, 11) is 1.77. The van der Waals surface area contributed by atoms with Gasteiger partial charge in [0.25, 0.3) is 0 Å². The van der Waals surface area contributed by atoms with Crippen LogP contribution in [0.25, 0.3) is 22.2 Å². The Bertz CT molecular complexity index is 1040. The highest BCUT2D eigenvalue weighted by molar-refractivity contribution is 5.93. The smallest absolute Gasteiger partial charge is 0.0959 e. The highest BCUT2D eigenvalue weighted by Crippen LogP contribution is 2.35. The summed E-state index contributed by atoms with van der Waals surface area (Å²) in [6.07, 6.45) is 11.2. The van der Waals surface area contributed by atoms with E-state index in [1.165, 1.54) is 59.9 Å². The lowest BCUT2D eigenvalue weighted by Gasteiger charge is -2.24. The van der Waals surface area contributed by atoms with Crippen LogP contribution in [0, 0.1) is 12.8 Å². The molecule has 4 rings (SSSR count). The maximum absolute atomic E-state index is 5.68. The molecule has 2 atom stereocenters. The molecule has 1 aliphatic rings. The van der Waals surface area contributed by atoms with Crippen LogP contribution in [0.15, 0.2) is 54.9 Å². The molecule has 1 aromatic carbocycles. The van der Waals surface area contributed by atoms with Gasteiger partial charge in [-0.2, -0.15) is 0 Å². The lowest BCUT2D eigenvalue weighted by atomic mass is 9.88. The van der Waals surface area contributed by atoms with E-state index in [1.807, 2.05) is 6.20 Å². The SMILES string of the molecule is C=C(C)C(c1cnc2c(-c3ccc(C)cc3)cn(CC3CCCCC3)c2c1)C(C)OC. The van der Waals surface area contributed by atoms with E-state index in [9.17, 15) is 0 Å². The van der Waals surface area contributed by atoms with E-state index >= 15 is 0 Å². The van der Waals surface area contributed by atoms with E-state index in [4.69, 9.17) is 9.72 Å². The minimum atomic E-state index is 0.0649. The first-order chi connectivity index (χ1) is 15.0. The summed E-state index contributed by atoms with van der Waals surface area (Å²) < 4.78 is 8.14. The minimum Gasteiger partial charge on any atom is -0.381 e.